The zero-order valence-electron chi connectivity index (χ0n) is 11.4. The topological polar surface area (TPSA) is 50.7 Å². The Morgan fingerprint density at radius 2 is 2.11 bits per heavy atom. The van der Waals surface area contributed by atoms with E-state index in [1.54, 1.807) is 14.2 Å². The highest BCUT2D eigenvalue weighted by atomic mass is 16.5. The summed E-state index contributed by atoms with van der Waals surface area (Å²) in [4.78, 5) is 0. The summed E-state index contributed by atoms with van der Waals surface area (Å²) in [5.74, 6) is 0.900. The molecule has 0 aromatic heterocycles. The molecule has 2 N–H and O–H groups in total. The number of aryl methyl sites for hydroxylation is 1. The maximum absolute atomic E-state index is 9.23. The molecule has 1 aromatic carbocycles. The predicted octanol–water partition coefficient (Wildman–Crippen LogP) is 1.49. The van der Waals surface area contributed by atoms with Crippen LogP contribution >= 0.6 is 0 Å². The minimum atomic E-state index is 0.0763. The Bertz CT molecular complexity index is 355. The maximum atomic E-state index is 9.23. The van der Waals surface area contributed by atoms with E-state index < -0.39 is 0 Å². The average molecular weight is 253 g/mol. The van der Waals surface area contributed by atoms with Gasteiger partial charge in [-0.25, -0.2) is 0 Å². The largest absolute Gasteiger partial charge is 0.496 e. The molecule has 0 fully saturated rings. The average Bonchev–Trinajstić information content (AvgIpc) is 2.39. The first-order valence-corrected chi connectivity index (χ1v) is 6.18. The van der Waals surface area contributed by atoms with Gasteiger partial charge in [-0.2, -0.15) is 0 Å². The van der Waals surface area contributed by atoms with Crippen LogP contribution in [0.5, 0.6) is 5.75 Å². The van der Waals surface area contributed by atoms with Crippen LogP contribution in [0, 0.1) is 6.92 Å². The SMILES string of the molecule is COCCC(CO)NCc1ccc(OC)c(C)c1. The lowest BCUT2D eigenvalue weighted by Gasteiger charge is -2.16. The third kappa shape index (κ3) is 4.64. The third-order valence-corrected chi connectivity index (χ3v) is 2.94. The van der Waals surface area contributed by atoms with Gasteiger partial charge in [-0.1, -0.05) is 12.1 Å². The zero-order chi connectivity index (χ0) is 13.4. The Morgan fingerprint density at radius 3 is 2.67 bits per heavy atom. The number of methoxy groups -OCH3 is 2. The van der Waals surface area contributed by atoms with Crippen LogP contribution in [0.3, 0.4) is 0 Å². The van der Waals surface area contributed by atoms with E-state index in [1.807, 2.05) is 19.1 Å². The first kappa shape index (κ1) is 15.0. The van der Waals surface area contributed by atoms with Crippen molar-refractivity contribution in [1.82, 2.24) is 5.32 Å². The normalized spacial score (nSPS) is 12.4. The van der Waals surface area contributed by atoms with Gasteiger partial charge in [0.2, 0.25) is 0 Å². The van der Waals surface area contributed by atoms with Gasteiger partial charge in [-0.05, 0) is 30.5 Å². The maximum Gasteiger partial charge on any atom is 0.121 e. The van der Waals surface area contributed by atoms with E-state index in [2.05, 4.69) is 11.4 Å². The number of hydrogen-bond donors (Lipinski definition) is 2. The van der Waals surface area contributed by atoms with Crippen molar-refractivity contribution in [2.24, 2.45) is 0 Å². The molecule has 0 spiro atoms. The molecule has 18 heavy (non-hydrogen) atoms. The highest BCUT2D eigenvalue weighted by molar-refractivity contribution is 5.36. The van der Waals surface area contributed by atoms with Crippen LogP contribution in [-0.2, 0) is 11.3 Å². The number of nitrogens with one attached hydrogen (secondary N) is 1. The highest BCUT2D eigenvalue weighted by Crippen LogP contribution is 2.18. The van der Waals surface area contributed by atoms with Crippen LogP contribution in [-0.4, -0.2) is 38.6 Å². The predicted molar refractivity (Wildman–Crippen MR) is 71.9 cm³/mol. The first-order valence-electron chi connectivity index (χ1n) is 6.18. The van der Waals surface area contributed by atoms with Crippen molar-refractivity contribution in [2.45, 2.75) is 25.9 Å². The van der Waals surface area contributed by atoms with Crippen LogP contribution < -0.4 is 10.1 Å². The Labute approximate surface area is 109 Å². The van der Waals surface area contributed by atoms with Crippen LogP contribution in [0.2, 0.25) is 0 Å². The van der Waals surface area contributed by atoms with Crippen molar-refractivity contribution >= 4 is 0 Å². The van der Waals surface area contributed by atoms with Crippen molar-refractivity contribution in [2.75, 3.05) is 27.4 Å². The minimum Gasteiger partial charge on any atom is -0.496 e. The van der Waals surface area contributed by atoms with E-state index in [0.29, 0.717) is 6.61 Å². The molecular formula is C14H23NO3. The standard InChI is InChI=1S/C14H23NO3/c1-11-8-12(4-5-14(11)18-3)9-15-13(10-16)6-7-17-2/h4-5,8,13,15-16H,6-7,9-10H2,1-3H3. The van der Waals surface area contributed by atoms with Crippen molar-refractivity contribution in [3.63, 3.8) is 0 Å². The molecule has 0 aliphatic carbocycles. The molecule has 0 saturated carbocycles. The van der Waals surface area contributed by atoms with Crippen molar-refractivity contribution < 1.29 is 14.6 Å². The van der Waals surface area contributed by atoms with Gasteiger partial charge in [0, 0.05) is 26.3 Å². The quantitative estimate of drug-likeness (QED) is 0.737. The van der Waals surface area contributed by atoms with Crippen LogP contribution in [0.15, 0.2) is 18.2 Å². The summed E-state index contributed by atoms with van der Waals surface area (Å²) < 4.78 is 10.2. The number of ether oxygens (including phenoxy) is 2. The van der Waals surface area contributed by atoms with Crippen LogP contribution in [0.25, 0.3) is 0 Å². The van der Waals surface area contributed by atoms with Crippen molar-refractivity contribution in [3.8, 4) is 5.75 Å². The van der Waals surface area contributed by atoms with E-state index in [9.17, 15) is 5.11 Å². The fraction of sp³-hybridized carbons (Fsp3) is 0.571. The summed E-state index contributed by atoms with van der Waals surface area (Å²) in [6, 6.07) is 6.17. The second kappa shape index (κ2) is 8.08. The summed E-state index contributed by atoms with van der Waals surface area (Å²) in [5.41, 5.74) is 2.30. The van der Waals surface area contributed by atoms with Gasteiger partial charge >= 0.3 is 0 Å². The Kier molecular flexibility index (Phi) is 6.72. The third-order valence-electron chi connectivity index (χ3n) is 2.94. The number of rotatable bonds is 8. The number of aliphatic hydroxyl groups is 1. The molecule has 0 aliphatic heterocycles. The van der Waals surface area contributed by atoms with Gasteiger partial charge < -0.3 is 19.9 Å². The fourth-order valence-electron chi connectivity index (χ4n) is 1.83. The van der Waals surface area contributed by atoms with E-state index >= 15 is 0 Å². The van der Waals surface area contributed by atoms with Crippen molar-refractivity contribution in [3.05, 3.63) is 29.3 Å². The summed E-state index contributed by atoms with van der Waals surface area (Å²) in [6.45, 7) is 3.54. The molecule has 4 nitrogen and oxygen atoms in total. The number of aliphatic hydroxyl groups excluding tert-OH is 1. The lowest BCUT2D eigenvalue weighted by Crippen LogP contribution is -2.33. The minimum absolute atomic E-state index is 0.0763. The molecule has 0 amide bonds. The molecule has 0 saturated heterocycles. The molecule has 1 atom stereocenters. The molecule has 1 rings (SSSR count). The molecular weight excluding hydrogens is 230 g/mol. The monoisotopic (exact) mass is 253 g/mol. The van der Waals surface area contributed by atoms with Gasteiger partial charge in [-0.3, -0.25) is 0 Å². The van der Waals surface area contributed by atoms with Gasteiger partial charge in [-0.15, -0.1) is 0 Å². The van der Waals surface area contributed by atoms with E-state index in [-0.39, 0.29) is 12.6 Å². The van der Waals surface area contributed by atoms with E-state index in [1.165, 1.54) is 5.56 Å². The summed E-state index contributed by atoms with van der Waals surface area (Å²) in [7, 11) is 3.34. The van der Waals surface area contributed by atoms with Gasteiger partial charge in [0.15, 0.2) is 0 Å². The molecule has 102 valence electrons. The zero-order valence-corrected chi connectivity index (χ0v) is 11.4. The lowest BCUT2D eigenvalue weighted by molar-refractivity contribution is 0.159. The van der Waals surface area contributed by atoms with Crippen LogP contribution in [0.4, 0.5) is 0 Å². The summed E-state index contributed by atoms with van der Waals surface area (Å²) in [6.07, 6.45) is 0.808. The van der Waals surface area contributed by atoms with Gasteiger partial charge in [0.25, 0.3) is 0 Å². The highest BCUT2D eigenvalue weighted by Gasteiger charge is 2.07. The molecule has 1 unspecified atom stereocenters. The molecule has 0 radical (unpaired) electrons. The molecule has 0 heterocycles. The smallest absolute Gasteiger partial charge is 0.121 e. The Hall–Kier alpha value is -1.10. The van der Waals surface area contributed by atoms with Crippen molar-refractivity contribution in [1.29, 1.82) is 0 Å². The lowest BCUT2D eigenvalue weighted by atomic mass is 10.1. The number of benzene rings is 1. The van der Waals surface area contributed by atoms with E-state index in [0.717, 1.165) is 24.3 Å². The summed E-state index contributed by atoms with van der Waals surface area (Å²) >= 11 is 0. The fourth-order valence-corrected chi connectivity index (χ4v) is 1.83. The van der Waals surface area contributed by atoms with E-state index in [4.69, 9.17) is 9.47 Å². The molecule has 4 heteroatoms. The Balaban J connectivity index is 2.49. The molecule has 1 aromatic rings. The first-order chi connectivity index (χ1) is 8.71. The Morgan fingerprint density at radius 1 is 1.33 bits per heavy atom. The summed E-state index contributed by atoms with van der Waals surface area (Å²) in [5, 5.41) is 12.5. The number of hydrogen-bond acceptors (Lipinski definition) is 4. The second-order valence-corrected chi connectivity index (χ2v) is 4.35. The van der Waals surface area contributed by atoms with Gasteiger partial charge in [0.05, 0.1) is 13.7 Å². The molecule has 0 bridgehead atoms. The van der Waals surface area contributed by atoms with Crippen LogP contribution in [0.1, 0.15) is 17.5 Å². The van der Waals surface area contributed by atoms with Gasteiger partial charge in [0.1, 0.15) is 5.75 Å². The molecule has 0 aliphatic rings. The second-order valence-electron chi connectivity index (χ2n) is 4.35.